The van der Waals surface area contributed by atoms with E-state index < -0.39 is 0 Å². The zero-order valence-electron chi connectivity index (χ0n) is 11.1. The first-order valence-electron chi connectivity index (χ1n) is 6.20. The zero-order valence-corrected chi connectivity index (χ0v) is 11.9. The van der Waals surface area contributed by atoms with Crippen LogP contribution in [0.2, 0.25) is 5.15 Å². The Balaban J connectivity index is 1.89. The third kappa shape index (κ3) is 2.32. The predicted octanol–water partition coefficient (Wildman–Crippen LogP) is 2.70. The van der Waals surface area contributed by atoms with Gasteiger partial charge in [-0.15, -0.1) is 0 Å². The molecule has 0 fully saturated rings. The Morgan fingerprint density at radius 2 is 2.10 bits per heavy atom. The van der Waals surface area contributed by atoms with Crippen molar-refractivity contribution < 1.29 is 4.79 Å². The van der Waals surface area contributed by atoms with Crippen molar-refractivity contribution in [3.63, 3.8) is 0 Å². The molecule has 2 heterocycles. The van der Waals surface area contributed by atoms with Crippen LogP contribution in [-0.2, 0) is 11.2 Å². The molecule has 2 aromatic rings. The van der Waals surface area contributed by atoms with E-state index in [0.29, 0.717) is 23.2 Å². The normalized spacial score (nSPS) is 13.6. The fraction of sp³-hybridized carbons (Fsp3) is 0.214. The summed E-state index contributed by atoms with van der Waals surface area (Å²) in [7, 11) is 1.79. The molecular weight excluding hydrogens is 276 g/mol. The first-order valence-corrected chi connectivity index (χ1v) is 6.58. The topological polar surface area (TPSA) is 58.1 Å². The van der Waals surface area contributed by atoms with Crippen LogP contribution in [0.25, 0.3) is 0 Å². The van der Waals surface area contributed by atoms with Gasteiger partial charge in [0.25, 0.3) is 0 Å². The number of rotatable bonds is 2. The molecule has 20 heavy (non-hydrogen) atoms. The number of anilines is 3. The van der Waals surface area contributed by atoms with Crippen LogP contribution >= 0.6 is 11.6 Å². The smallest absolute Gasteiger partial charge is 0.231 e. The molecule has 3 rings (SSSR count). The number of benzene rings is 1. The third-order valence-corrected chi connectivity index (χ3v) is 3.43. The van der Waals surface area contributed by atoms with E-state index in [1.807, 2.05) is 18.2 Å². The minimum absolute atomic E-state index is 0.109. The van der Waals surface area contributed by atoms with Crippen molar-refractivity contribution in [3.05, 3.63) is 40.8 Å². The molecule has 0 aliphatic carbocycles. The molecule has 6 heteroatoms. The van der Waals surface area contributed by atoms with E-state index in [2.05, 4.69) is 15.3 Å². The van der Waals surface area contributed by atoms with E-state index in [1.54, 1.807) is 24.9 Å². The SMILES string of the molecule is Cc1nc(Cl)cc(Nc2ccc3c(c2)CC(=O)N3C)n1. The lowest BCUT2D eigenvalue weighted by Crippen LogP contribution is -2.20. The highest BCUT2D eigenvalue weighted by molar-refractivity contribution is 6.29. The number of fused-ring (bicyclic) bond motifs is 1. The summed E-state index contributed by atoms with van der Waals surface area (Å²) in [5, 5.41) is 3.58. The van der Waals surface area contributed by atoms with Gasteiger partial charge < -0.3 is 10.2 Å². The van der Waals surface area contributed by atoms with Gasteiger partial charge >= 0.3 is 0 Å². The van der Waals surface area contributed by atoms with Gasteiger partial charge in [0.1, 0.15) is 16.8 Å². The van der Waals surface area contributed by atoms with Gasteiger partial charge in [-0.3, -0.25) is 4.79 Å². The molecule has 0 unspecified atom stereocenters. The number of carbonyl (C=O) groups excluding carboxylic acids is 1. The first-order chi connectivity index (χ1) is 9.52. The molecule has 1 aliphatic heterocycles. The summed E-state index contributed by atoms with van der Waals surface area (Å²) in [6, 6.07) is 7.47. The van der Waals surface area contributed by atoms with Gasteiger partial charge in [0.2, 0.25) is 5.91 Å². The Kier molecular flexibility index (Phi) is 3.06. The van der Waals surface area contributed by atoms with E-state index >= 15 is 0 Å². The fourth-order valence-corrected chi connectivity index (χ4v) is 2.52. The molecule has 0 saturated heterocycles. The summed E-state index contributed by atoms with van der Waals surface area (Å²) >= 11 is 5.91. The Morgan fingerprint density at radius 1 is 1.30 bits per heavy atom. The highest BCUT2D eigenvalue weighted by Gasteiger charge is 2.23. The molecule has 0 bridgehead atoms. The molecule has 1 aromatic carbocycles. The maximum atomic E-state index is 11.7. The summed E-state index contributed by atoms with van der Waals surface area (Å²) < 4.78 is 0. The molecule has 1 aromatic heterocycles. The van der Waals surface area contributed by atoms with Gasteiger partial charge in [-0.2, -0.15) is 0 Å². The van der Waals surface area contributed by atoms with Crippen LogP contribution in [0.5, 0.6) is 0 Å². The number of hydrogen-bond acceptors (Lipinski definition) is 4. The van der Waals surface area contributed by atoms with Crippen LogP contribution in [-0.4, -0.2) is 22.9 Å². The van der Waals surface area contributed by atoms with E-state index in [1.165, 1.54) is 0 Å². The Bertz CT molecular complexity index is 681. The minimum atomic E-state index is 0.109. The van der Waals surface area contributed by atoms with Crippen molar-refractivity contribution in [1.29, 1.82) is 0 Å². The highest BCUT2D eigenvalue weighted by Crippen LogP contribution is 2.31. The number of nitrogens with zero attached hydrogens (tertiary/aromatic N) is 3. The van der Waals surface area contributed by atoms with Crippen molar-refractivity contribution in [1.82, 2.24) is 9.97 Å². The van der Waals surface area contributed by atoms with Gasteiger partial charge in [-0.1, -0.05) is 11.6 Å². The molecule has 1 N–H and O–H groups in total. The van der Waals surface area contributed by atoms with Gasteiger partial charge in [0.05, 0.1) is 6.42 Å². The van der Waals surface area contributed by atoms with Gasteiger partial charge in [-0.25, -0.2) is 9.97 Å². The number of hydrogen-bond donors (Lipinski definition) is 1. The average molecular weight is 289 g/mol. The summed E-state index contributed by atoms with van der Waals surface area (Å²) in [6.07, 6.45) is 0.435. The van der Waals surface area contributed by atoms with Crippen molar-refractivity contribution in [3.8, 4) is 0 Å². The van der Waals surface area contributed by atoms with E-state index in [9.17, 15) is 4.79 Å². The predicted molar refractivity (Wildman–Crippen MR) is 78.6 cm³/mol. The van der Waals surface area contributed by atoms with Crippen LogP contribution in [0.15, 0.2) is 24.3 Å². The molecule has 0 spiro atoms. The first kappa shape index (κ1) is 12.9. The van der Waals surface area contributed by atoms with Crippen LogP contribution in [0.4, 0.5) is 17.2 Å². The second-order valence-corrected chi connectivity index (χ2v) is 5.11. The Labute approximate surface area is 121 Å². The number of halogens is 1. The number of aromatic nitrogens is 2. The average Bonchev–Trinajstić information content (AvgIpc) is 2.63. The number of nitrogens with one attached hydrogen (secondary N) is 1. The Hall–Kier alpha value is -2.14. The van der Waals surface area contributed by atoms with Crippen molar-refractivity contribution >= 4 is 34.7 Å². The molecule has 102 valence electrons. The standard InChI is InChI=1S/C14H13ClN4O/c1-8-16-12(15)7-13(17-8)18-10-3-4-11-9(5-10)6-14(20)19(11)2/h3-5,7H,6H2,1-2H3,(H,16,17,18). The number of likely N-dealkylation sites (N-methyl/N-ethyl adjacent to an activating group) is 1. The summed E-state index contributed by atoms with van der Waals surface area (Å²) in [5.41, 5.74) is 2.85. The van der Waals surface area contributed by atoms with Gasteiger partial charge in [0.15, 0.2) is 0 Å². The quantitative estimate of drug-likeness (QED) is 0.863. The second-order valence-electron chi connectivity index (χ2n) is 4.72. The van der Waals surface area contributed by atoms with E-state index in [-0.39, 0.29) is 5.91 Å². The van der Waals surface area contributed by atoms with Crippen molar-refractivity contribution in [2.45, 2.75) is 13.3 Å². The lowest BCUT2D eigenvalue weighted by Gasteiger charge is -2.11. The zero-order chi connectivity index (χ0) is 14.3. The van der Waals surface area contributed by atoms with E-state index in [4.69, 9.17) is 11.6 Å². The molecule has 0 radical (unpaired) electrons. The lowest BCUT2D eigenvalue weighted by molar-refractivity contribution is -0.117. The van der Waals surface area contributed by atoms with Crippen molar-refractivity contribution in [2.24, 2.45) is 0 Å². The summed E-state index contributed by atoms with van der Waals surface area (Å²) in [5.74, 6) is 1.36. The molecule has 0 saturated carbocycles. The second kappa shape index (κ2) is 4.76. The van der Waals surface area contributed by atoms with Crippen LogP contribution in [0, 0.1) is 6.92 Å². The molecule has 1 aliphatic rings. The van der Waals surface area contributed by atoms with Crippen LogP contribution in [0.1, 0.15) is 11.4 Å². The minimum Gasteiger partial charge on any atom is -0.340 e. The fourth-order valence-electron chi connectivity index (χ4n) is 2.29. The number of amides is 1. The molecular formula is C14H13ClN4O. The number of carbonyl (C=O) groups is 1. The maximum Gasteiger partial charge on any atom is 0.231 e. The largest absolute Gasteiger partial charge is 0.340 e. The van der Waals surface area contributed by atoms with Crippen LogP contribution in [0.3, 0.4) is 0 Å². The number of aryl methyl sites for hydroxylation is 1. The van der Waals surface area contributed by atoms with Gasteiger partial charge in [0, 0.05) is 24.5 Å². The maximum absolute atomic E-state index is 11.7. The van der Waals surface area contributed by atoms with Gasteiger partial charge in [-0.05, 0) is 30.7 Å². The summed E-state index contributed by atoms with van der Waals surface area (Å²) in [4.78, 5) is 21.6. The van der Waals surface area contributed by atoms with Crippen LogP contribution < -0.4 is 10.2 Å². The molecule has 5 nitrogen and oxygen atoms in total. The lowest BCUT2D eigenvalue weighted by atomic mass is 10.1. The highest BCUT2D eigenvalue weighted by atomic mass is 35.5. The summed E-state index contributed by atoms with van der Waals surface area (Å²) in [6.45, 7) is 1.79. The Morgan fingerprint density at radius 3 is 2.85 bits per heavy atom. The third-order valence-electron chi connectivity index (χ3n) is 3.24. The molecule has 0 atom stereocenters. The molecule has 1 amide bonds. The van der Waals surface area contributed by atoms with E-state index in [0.717, 1.165) is 16.9 Å². The monoisotopic (exact) mass is 288 g/mol. The van der Waals surface area contributed by atoms with Crippen molar-refractivity contribution in [2.75, 3.05) is 17.3 Å².